The molecule has 0 unspecified atom stereocenters. The second-order valence-corrected chi connectivity index (χ2v) is 25.3. The maximum absolute atomic E-state index is 3.06. The van der Waals surface area contributed by atoms with Crippen LogP contribution in [0.25, 0.3) is 66.1 Å². The van der Waals surface area contributed by atoms with Crippen molar-refractivity contribution >= 4 is 53.2 Å². The summed E-state index contributed by atoms with van der Waals surface area (Å²) in [5.41, 5.74) is 19.8. The van der Waals surface area contributed by atoms with Crippen molar-refractivity contribution in [3.8, 4) is 44.5 Å². The standard InChI is InChI=1S/2C36H45.2CH3.2ClH.Si.Zr/c2*1-8-9-10-11-12-13-26-24-33-31(27-14-18-29(19-15-27)35(2,3)4)22-23-32(34(33)25-26)28-16-20-30(21-17-28)36(5,6)7;;;;;;/h2*14-25H,8-13H2,1-7H3;2*1H3;2*1H;;/q4*-1;;;;. The van der Waals surface area contributed by atoms with E-state index in [0.29, 0.717) is 0 Å². The van der Waals surface area contributed by atoms with Gasteiger partial charge in [-0.3, -0.25) is 0 Å². The number of halogens is 2. The molecule has 0 spiro atoms. The van der Waals surface area contributed by atoms with E-state index in [-0.39, 0.29) is 61.3 Å². The van der Waals surface area contributed by atoms with Crippen molar-refractivity contribution in [3.05, 3.63) is 194 Å². The van der Waals surface area contributed by atoms with Gasteiger partial charge < -0.3 is 14.9 Å². The Morgan fingerprint density at radius 1 is 0.333 bits per heavy atom. The fraction of sp³-hybridized carbons (Fsp3) is 0.405. The summed E-state index contributed by atoms with van der Waals surface area (Å²) in [5, 5.41) is 5.55. The summed E-state index contributed by atoms with van der Waals surface area (Å²) in [4.78, 5) is 0. The Morgan fingerprint density at radius 2 is 0.564 bits per heavy atom. The molecule has 420 valence electrons. The van der Waals surface area contributed by atoms with Crippen LogP contribution in [-0.4, -0.2) is 6.88 Å². The molecular formula is C74H98Cl2SiZr-4. The monoisotopic (exact) mass is 1170 g/mol. The summed E-state index contributed by atoms with van der Waals surface area (Å²) in [6, 6.07) is 56.1. The Balaban J connectivity index is 0.000000493. The topological polar surface area (TPSA) is 0 Å². The normalized spacial score (nSPS) is 11.5. The average molecular weight is 1180 g/mol. The van der Waals surface area contributed by atoms with E-state index in [1.807, 2.05) is 0 Å². The van der Waals surface area contributed by atoms with E-state index in [1.165, 1.54) is 200 Å². The van der Waals surface area contributed by atoms with E-state index in [2.05, 4.69) is 249 Å². The predicted octanol–water partition coefficient (Wildman–Crippen LogP) is 23.4. The fourth-order valence-corrected chi connectivity index (χ4v) is 10.5. The SMILES string of the molecule is CCCCCCCc1cc2c(-c3ccc(C(C)(C)C)cc3)ccc(-c3ccc(C(C)(C)C)cc3)c2[cH-]1.CCCCCCCc1cc2c(-c3ccc(C(C)(C)C)cc3)ccc(-c3ccc(C(C)(C)C)cc3)c2[cH-]1.Cl.Cl.[CH3-].[CH3-].[Si]=[Zr]. The molecule has 0 saturated heterocycles. The Hall–Kier alpha value is -3.78. The Morgan fingerprint density at radius 3 is 0.808 bits per heavy atom. The number of unbranched alkanes of at least 4 members (excludes halogenated alkanes) is 8. The summed E-state index contributed by atoms with van der Waals surface area (Å²) >= 11 is 1.36. The molecular weight excluding hydrogens is 1080 g/mol. The van der Waals surface area contributed by atoms with Crippen molar-refractivity contribution in [2.45, 2.75) is 196 Å². The van der Waals surface area contributed by atoms with Gasteiger partial charge in [0.05, 0.1) is 0 Å². The average Bonchev–Trinajstić information content (AvgIpc) is 4.01. The van der Waals surface area contributed by atoms with Crippen molar-refractivity contribution < 1.29 is 23.3 Å². The van der Waals surface area contributed by atoms with E-state index in [9.17, 15) is 0 Å². The first-order valence-electron chi connectivity index (χ1n) is 28.3. The number of hydrogen-bond acceptors (Lipinski definition) is 0. The predicted molar refractivity (Wildman–Crippen MR) is 354 cm³/mol. The van der Waals surface area contributed by atoms with Crippen LogP contribution in [-0.2, 0) is 57.8 Å². The van der Waals surface area contributed by atoms with Crippen LogP contribution >= 0.6 is 24.8 Å². The van der Waals surface area contributed by atoms with Gasteiger partial charge in [0, 0.05) is 0 Å². The molecule has 78 heavy (non-hydrogen) atoms. The van der Waals surface area contributed by atoms with Gasteiger partial charge in [-0.15, -0.1) is 69.6 Å². The molecule has 2 radical (unpaired) electrons. The molecule has 0 N–H and O–H groups in total. The Labute approximate surface area is 506 Å². The number of rotatable bonds is 16. The van der Waals surface area contributed by atoms with Crippen LogP contribution in [0.5, 0.6) is 0 Å². The van der Waals surface area contributed by atoms with E-state index < -0.39 is 0 Å². The molecule has 0 amide bonds. The van der Waals surface area contributed by atoms with Gasteiger partial charge in [-0.25, -0.2) is 0 Å². The van der Waals surface area contributed by atoms with E-state index in [1.54, 1.807) is 0 Å². The Bertz CT molecular complexity index is 2600. The Kier molecular flexibility index (Phi) is 28.3. The van der Waals surface area contributed by atoms with Gasteiger partial charge in [0.15, 0.2) is 0 Å². The minimum absolute atomic E-state index is 0. The summed E-state index contributed by atoms with van der Waals surface area (Å²) in [6.07, 6.45) is 15.6. The first-order valence-corrected chi connectivity index (χ1v) is 32.5. The number of aryl methyl sites for hydroxylation is 2. The van der Waals surface area contributed by atoms with E-state index in [4.69, 9.17) is 0 Å². The molecule has 0 heterocycles. The molecule has 0 atom stereocenters. The molecule has 8 aromatic carbocycles. The molecule has 8 rings (SSSR count). The molecule has 0 nitrogen and oxygen atoms in total. The first-order chi connectivity index (χ1) is 35.1. The van der Waals surface area contributed by atoms with Crippen LogP contribution in [0.4, 0.5) is 0 Å². The van der Waals surface area contributed by atoms with Gasteiger partial charge in [-0.1, -0.05) is 316 Å². The second kappa shape index (κ2) is 31.4. The van der Waals surface area contributed by atoms with Crippen LogP contribution < -0.4 is 0 Å². The number of hydrogen-bond donors (Lipinski definition) is 0. The van der Waals surface area contributed by atoms with Crippen molar-refractivity contribution in [1.29, 1.82) is 0 Å². The van der Waals surface area contributed by atoms with Gasteiger partial charge in [0.2, 0.25) is 0 Å². The number of benzene rings is 6. The van der Waals surface area contributed by atoms with Crippen LogP contribution in [0, 0.1) is 14.9 Å². The molecule has 0 aliphatic heterocycles. The van der Waals surface area contributed by atoms with Gasteiger partial charge in [-0.05, 0) is 67.9 Å². The maximum atomic E-state index is 3.06. The molecule has 0 aliphatic carbocycles. The van der Waals surface area contributed by atoms with E-state index >= 15 is 0 Å². The fourth-order valence-electron chi connectivity index (χ4n) is 10.5. The molecule has 0 saturated carbocycles. The first kappa shape index (κ1) is 70.3. The zero-order valence-electron chi connectivity index (χ0n) is 51.2. The summed E-state index contributed by atoms with van der Waals surface area (Å²) in [5.74, 6) is 0. The van der Waals surface area contributed by atoms with Crippen molar-refractivity contribution in [2.75, 3.05) is 0 Å². The molecule has 4 heteroatoms. The van der Waals surface area contributed by atoms with Crippen molar-refractivity contribution in [3.63, 3.8) is 0 Å². The molecule has 0 aromatic heterocycles. The van der Waals surface area contributed by atoms with Gasteiger partial charge >= 0.3 is 30.2 Å². The van der Waals surface area contributed by atoms with Gasteiger partial charge in [0.1, 0.15) is 0 Å². The van der Waals surface area contributed by atoms with Crippen LogP contribution in [0.2, 0.25) is 0 Å². The van der Waals surface area contributed by atoms with Crippen molar-refractivity contribution in [1.82, 2.24) is 0 Å². The molecule has 0 bridgehead atoms. The summed E-state index contributed by atoms with van der Waals surface area (Å²) in [6.45, 7) is 35.0. The number of fused-ring (bicyclic) bond motifs is 2. The van der Waals surface area contributed by atoms with Crippen LogP contribution in [0.15, 0.2) is 146 Å². The zero-order valence-corrected chi connectivity index (χ0v) is 56.2. The molecule has 0 aliphatic rings. The summed E-state index contributed by atoms with van der Waals surface area (Å²) < 4.78 is 0. The third-order valence-electron chi connectivity index (χ3n) is 15.3. The third-order valence-corrected chi connectivity index (χ3v) is 15.3. The van der Waals surface area contributed by atoms with Crippen LogP contribution in [0.3, 0.4) is 0 Å². The zero-order chi connectivity index (χ0) is 53.8. The van der Waals surface area contributed by atoms with Gasteiger partial charge in [0.25, 0.3) is 0 Å². The summed E-state index contributed by atoms with van der Waals surface area (Å²) in [7, 11) is 0. The van der Waals surface area contributed by atoms with Crippen LogP contribution in [0.1, 0.15) is 195 Å². The quantitative estimate of drug-likeness (QED) is 0.0514. The third kappa shape index (κ3) is 18.6. The molecule has 0 fully saturated rings. The second-order valence-electron chi connectivity index (χ2n) is 25.3. The van der Waals surface area contributed by atoms with Crippen molar-refractivity contribution in [2.24, 2.45) is 0 Å². The molecule has 8 aromatic rings. The minimum atomic E-state index is 0. The van der Waals surface area contributed by atoms with E-state index in [0.717, 1.165) is 0 Å². The van der Waals surface area contributed by atoms with Gasteiger partial charge in [-0.2, -0.15) is 12.1 Å².